The summed E-state index contributed by atoms with van der Waals surface area (Å²) < 4.78 is 0. The van der Waals surface area contributed by atoms with Gasteiger partial charge >= 0.3 is 5.97 Å². The van der Waals surface area contributed by atoms with Crippen LogP contribution in [0.2, 0.25) is 0 Å². The molecule has 0 aliphatic carbocycles. The fourth-order valence-corrected chi connectivity index (χ4v) is 3.07. The molecule has 4 nitrogen and oxygen atoms in total. The molecule has 0 amide bonds. The number of carboxylic acid groups (broad SMARTS) is 1. The summed E-state index contributed by atoms with van der Waals surface area (Å²) in [4.78, 5) is 19.4. The molecular weight excluding hydrogens is 280 g/mol. The standard InChI is InChI=1S/C13H14N2O2S2/c1-8(2)12-15-10(7-19-12)6-18-11-4-3-9(5-14-11)13(16)17/h3-5,7-8H,6H2,1-2H3,(H,16,17). The smallest absolute Gasteiger partial charge is 0.337 e. The Balaban J connectivity index is 1.96. The predicted molar refractivity (Wildman–Crippen MR) is 77.0 cm³/mol. The molecule has 19 heavy (non-hydrogen) atoms. The quantitative estimate of drug-likeness (QED) is 0.853. The van der Waals surface area contributed by atoms with Crippen LogP contribution in [-0.4, -0.2) is 21.0 Å². The van der Waals surface area contributed by atoms with Gasteiger partial charge in [0.2, 0.25) is 0 Å². The van der Waals surface area contributed by atoms with Crippen LogP contribution >= 0.6 is 23.1 Å². The van der Waals surface area contributed by atoms with E-state index < -0.39 is 5.97 Å². The van der Waals surface area contributed by atoms with Gasteiger partial charge in [-0.2, -0.15) is 0 Å². The summed E-state index contributed by atoms with van der Waals surface area (Å²) in [7, 11) is 0. The van der Waals surface area contributed by atoms with Gasteiger partial charge in [0.25, 0.3) is 0 Å². The summed E-state index contributed by atoms with van der Waals surface area (Å²) in [5.74, 6) is 0.254. The molecule has 0 saturated carbocycles. The summed E-state index contributed by atoms with van der Waals surface area (Å²) in [6, 6.07) is 3.29. The van der Waals surface area contributed by atoms with E-state index in [4.69, 9.17) is 5.11 Å². The summed E-state index contributed by atoms with van der Waals surface area (Å²) in [6.07, 6.45) is 1.38. The Morgan fingerprint density at radius 1 is 1.47 bits per heavy atom. The van der Waals surface area contributed by atoms with E-state index in [1.165, 1.54) is 6.20 Å². The summed E-state index contributed by atoms with van der Waals surface area (Å²) in [6.45, 7) is 4.25. The van der Waals surface area contributed by atoms with E-state index in [2.05, 4.69) is 29.2 Å². The minimum absolute atomic E-state index is 0.208. The van der Waals surface area contributed by atoms with Crippen LogP contribution in [0.15, 0.2) is 28.7 Å². The van der Waals surface area contributed by atoms with Gasteiger partial charge in [-0.15, -0.1) is 23.1 Å². The Kier molecular flexibility index (Phi) is 4.55. The van der Waals surface area contributed by atoms with Crippen molar-refractivity contribution in [2.24, 2.45) is 0 Å². The van der Waals surface area contributed by atoms with E-state index in [0.717, 1.165) is 21.5 Å². The highest BCUT2D eigenvalue weighted by Gasteiger charge is 2.07. The van der Waals surface area contributed by atoms with Crippen LogP contribution in [-0.2, 0) is 5.75 Å². The van der Waals surface area contributed by atoms with Gasteiger partial charge in [-0.1, -0.05) is 13.8 Å². The highest BCUT2D eigenvalue weighted by molar-refractivity contribution is 7.98. The fourth-order valence-electron chi connectivity index (χ4n) is 1.39. The molecule has 2 aromatic rings. The highest BCUT2D eigenvalue weighted by atomic mass is 32.2. The average Bonchev–Trinajstić information content (AvgIpc) is 2.86. The molecule has 2 rings (SSSR count). The number of thiazole rings is 1. The largest absolute Gasteiger partial charge is 0.478 e. The molecule has 0 aliphatic rings. The maximum atomic E-state index is 10.7. The Hall–Kier alpha value is -1.40. The first-order valence-electron chi connectivity index (χ1n) is 5.82. The van der Waals surface area contributed by atoms with Gasteiger partial charge in [0.05, 0.1) is 21.3 Å². The Labute approximate surface area is 119 Å². The number of thioether (sulfide) groups is 1. The van der Waals surface area contributed by atoms with Crippen LogP contribution in [0.4, 0.5) is 0 Å². The zero-order valence-electron chi connectivity index (χ0n) is 10.7. The van der Waals surface area contributed by atoms with Crippen LogP contribution in [0.5, 0.6) is 0 Å². The van der Waals surface area contributed by atoms with Gasteiger partial charge in [0.1, 0.15) is 0 Å². The minimum atomic E-state index is -0.954. The van der Waals surface area contributed by atoms with Crippen molar-refractivity contribution in [1.82, 2.24) is 9.97 Å². The van der Waals surface area contributed by atoms with Crippen LogP contribution < -0.4 is 0 Å². The molecule has 6 heteroatoms. The van der Waals surface area contributed by atoms with Crippen molar-refractivity contribution < 1.29 is 9.90 Å². The van der Waals surface area contributed by atoms with Crippen molar-refractivity contribution >= 4 is 29.1 Å². The monoisotopic (exact) mass is 294 g/mol. The molecule has 2 heterocycles. The zero-order chi connectivity index (χ0) is 13.8. The third-order valence-corrected chi connectivity index (χ3v) is 4.59. The maximum absolute atomic E-state index is 10.7. The number of aromatic nitrogens is 2. The number of pyridine rings is 1. The second-order valence-corrected chi connectivity index (χ2v) is 6.20. The van der Waals surface area contributed by atoms with Crippen molar-refractivity contribution in [2.45, 2.75) is 30.5 Å². The molecule has 0 radical (unpaired) electrons. The van der Waals surface area contributed by atoms with Gasteiger partial charge in [-0.3, -0.25) is 0 Å². The normalized spacial score (nSPS) is 10.9. The van der Waals surface area contributed by atoms with Crippen molar-refractivity contribution in [2.75, 3.05) is 0 Å². The van der Waals surface area contributed by atoms with E-state index in [0.29, 0.717) is 5.92 Å². The lowest BCUT2D eigenvalue weighted by molar-refractivity contribution is 0.0696. The minimum Gasteiger partial charge on any atom is -0.478 e. The van der Waals surface area contributed by atoms with Gasteiger partial charge in [-0.25, -0.2) is 14.8 Å². The van der Waals surface area contributed by atoms with Crippen molar-refractivity contribution in [3.63, 3.8) is 0 Å². The van der Waals surface area contributed by atoms with E-state index in [9.17, 15) is 4.79 Å². The third kappa shape index (κ3) is 3.78. The van der Waals surface area contributed by atoms with Crippen molar-refractivity contribution in [3.8, 4) is 0 Å². The van der Waals surface area contributed by atoms with Crippen LogP contribution in [0.1, 0.15) is 40.8 Å². The molecule has 0 fully saturated rings. The second kappa shape index (κ2) is 6.16. The molecule has 2 aromatic heterocycles. The lowest BCUT2D eigenvalue weighted by Crippen LogP contribution is -1.96. The molecule has 1 N–H and O–H groups in total. The molecule has 0 aromatic carbocycles. The van der Waals surface area contributed by atoms with E-state index >= 15 is 0 Å². The zero-order valence-corrected chi connectivity index (χ0v) is 12.3. The molecule has 100 valence electrons. The predicted octanol–water partition coefficient (Wildman–Crippen LogP) is 3.65. The van der Waals surface area contributed by atoms with Gasteiger partial charge in [0.15, 0.2) is 0 Å². The first-order valence-corrected chi connectivity index (χ1v) is 7.69. The van der Waals surface area contributed by atoms with Crippen molar-refractivity contribution in [3.05, 3.63) is 40.0 Å². The molecule has 0 spiro atoms. The van der Waals surface area contributed by atoms with E-state index in [1.54, 1.807) is 35.2 Å². The lowest BCUT2D eigenvalue weighted by Gasteiger charge is -2.00. The summed E-state index contributed by atoms with van der Waals surface area (Å²) in [5.41, 5.74) is 1.25. The number of hydrogen-bond donors (Lipinski definition) is 1. The second-order valence-electron chi connectivity index (χ2n) is 4.31. The van der Waals surface area contributed by atoms with Gasteiger partial charge < -0.3 is 5.11 Å². The fraction of sp³-hybridized carbons (Fsp3) is 0.308. The number of rotatable bonds is 5. The summed E-state index contributed by atoms with van der Waals surface area (Å²) in [5, 5.41) is 12.8. The number of carbonyl (C=O) groups is 1. The molecule has 0 bridgehead atoms. The van der Waals surface area contributed by atoms with E-state index in [-0.39, 0.29) is 5.56 Å². The van der Waals surface area contributed by atoms with Gasteiger partial charge in [0, 0.05) is 23.2 Å². The Morgan fingerprint density at radius 3 is 2.79 bits per heavy atom. The van der Waals surface area contributed by atoms with Gasteiger partial charge in [-0.05, 0) is 12.1 Å². The number of carboxylic acids is 1. The lowest BCUT2D eigenvalue weighted by atomic mass is 10.2. The first-order chi connectivity index (χ1) is 9.06. The van der Waals surface area contributed by atoms with E-state index in [1.807, 2.05) is 0 Å². The topological polar surface area (TPSA) is 63.1 Å². The van der Waals surface area contributed by atoms with Crippen LogP contribution in [0, 0.1) is 0 Å². The first kappa shape index (κ1) is 14.0. The Morgan fingerprint density at radius 2 is 2.26 bits per heavy atom. The third-order valence-electron chi connectivity index (χ3n) is 2.41. The average molecular weight is 294 g/mol. The molecule has 0 saturated heterocycles. The highest BCUT2D eigenvalue weighted by Crippen LogP contribution is 2.24. The van der Waals surface area contributed by atoms with Crippen LogP contribution in [0.3, 0.4) is 0 Å². The Bertz CT molecular complexity index is 564. The van der Waals surface area contributed by atoms with Crippen molar-refractivity contribution in [1.29, 1.82) is 0 Å². The SMILES string of the molecule is CC(C)c1nc(CSc2ccc(C(=O)O)cn2)cs1. The summed E-state index contributed by atoms with van der Waals surface area (Å²) >= 11 is 3.24. The maximum Gasteiger partial charge on any atom is 0.337 e. The molecule has 0 aliphatic heterocycles. The van der Waals surface area contributed by atoms with Crippen LogP contribution in [0.25, 0.3) is 0 Å². The molecule has 0 unspecified atom stereocenters. The molecular formula is C13H14N2O2S2. The number of aromatic carboxylic acids is 1. The number of hydrogen-bond acceptors (Lipinski definition) is 5. The molecule has 0 atom stereocenters. The number of nitrogens with zero attached hydrogens (tertiary/aromatic N) is 2.